The van der Waals surface area contributed by atoms with Crippen molar-refractivity contribution in [1.82, 2.24) is 10.3 Å². The standard InChI is InChI=1S/C23H24ClFN2O3/c1-2-28-22-13-17(15-26-11-12-29-23-5-3-4-10-27-23)6-9-21(22)30-16-18-7-8-19(25)14-20(18)24/h3-10,13-14,26H,2,11-12,15-16H2,1H3. The number of hydrogen-bond donors (Lipinski definition) is 1. The van der Waals surface area contributed by atoms with E-state index in [-0.39, 0.29) is 12.4 Å². The summed E-state index contributed by atoms with van der Waals surface area (Å²) >= 11 is 6.07. The minimum atomic E-state index is -0.374. The number of rotatable bonds is 11. The molecule has 5 nitrogen and oxygen atoms in total. The summed E-state index contributed by atoms with van der Waals surface area (Å²) in [5.74, 6) is 1.50. The van der Waals surface area contributed by atoms with Crippen LogP contribution in [0.1, 0.15) is 18.1 Å². The Morgan fingerprint density at radius 2 is 1.90 bits per heavy atom. The predicted molar refractivity (Wildman–Crippen MR) is 115 cm³/mol. The van der Waals surface area contributed by atoms with E-state index in [1.807, 2.05) is 43.3 Å². The molecule has 0 fully saturated rings. The van der Waals surface area contributed by atoms with Gasteiger partial charge in [-0.2, -0.15) is 0 Å². The number of nitrogens with zero attached hydrogens (tertiary/aromatic N) is 1. The first-order valence-electron chi connectivity index (χ1n) is 9.72. The van der Waals surface area contributed by atoms with Gasteiger partial charge in [0, 0.05) is 30.9 Å². The van der Waals surface area contributed by atoms with E-state index < -0.39 is 0 Å². The molecule has 7 heteroatoms. The summed E-state index contributed by atoms with van der Waals surface area (Å²) in [5, 5.41) is 3.66. The minimum absolute atomic E-state index is 0.224. The highest BCUT2D eigenvalue weighted by Gasteiger charge is 2.09. The van der Waals surface area contributed by atoms with Gasteiger partial charge in [0.05, 0.1) is 11.6 Å². The number of hydrogen-bond acceptors (Lipinski definition) is 5. The first-order valence-corrected chi connectivity index (χ1v) is 10.1. The van der Waals surface area contributed by atoms with Crippen LogP contribution in [0.4, 0.5) is 4.39 Å². The van der Waals surface area contributed by atoms with Crippen LogP contribution < -0.4 is 19.5 Å². The summed E-state index contributed by atoms with van der Waals surface area (Å²) in [6.07, 6.45) is 1.70. The number of aromatic nitrogens is 1. The fraction of sp³-hybridized carbons (Fsp3) is 0.261. The summed E-state index contributed by atoms with van der Waals surface area (Å²) in [7, 11) is 0. The molecule has 0 aliphatic rings. The van der Waals surface area contributed by atoms with Crippen LogP contribution in [0.3, 0.4) is 0 Å². The van der Waals surface area contributed by atoms with Crippen LogP contribution in [0.5, 0.6) is 17.4 Å². The van der Waals surface area contributed by atoms with Crippen molar-refractivity contribution >= 4 is 11.6 Å². The molecule has 0 unspecified atom stereocenters. The molecule has 158 valence electrons. The molecule has 0 aliphatic heterocycles. The van der Waals surface area contributed by atoms with Crippen LogP contribution >= 0.6 is 11.6 Å². The first-order chi connectivity index (χ1) is 14.7. The van der Waals surface area contributed by atoms with Crippen molar-refractivity contribution in [2.24, 2.45) is 0 Å². The van der Waals surface area contributed by atoms with Crippen molar-refractivity contribution in [3.05, 3.63) is 82.8 Å². The largest absolute Gasteiger partial charge is 0.490 e. The fourth-order valence-corrected chi connectivity index (χ4v) is 2.96. The third kappa shape index (κ3) is 6.61. The molecular weight excluding hydrogens is 407 g/mol. The molecule has 30 heavy (non-hydrogen) atoms. The Balaban J connectivity index is 1.52. The Kier molecular flexibility index (Phi) is 8.30. The summed E-state index contributed by atoms with van der Waals surface area (Å²) < 4.78 is 30.3. The van der Waals surface area contributed by atoms with Gasteiger partial charge in [-0.05, 0) is 42.8 Å². The van der Waals surface area contributed by atoms with Crippen molar-refractivity contribution in [2.75, 3.05) is 19.8 Å². The van der Waals surface area contributed by atoms with E-state index in [0.717, 1.165) is 5.56 Å². The Labute approximate surface area is 180 Å². The molecule has 1 N–H and O–H groups in total. The molecule has 1 heterocycles. The lowest BCUT2D eigenvalue weighted by molar-refractivity contribution is 0.269. The number of nitrogens with one attached hydrogen (secondary N) is 1. The highest BCUT2D eigenvalue weighted by molar-refractivity contribution is 6.31. The fourth-order valence-electron chi connectivity index (χ4n) is 2.74. The van der Waals surface area contributed by atoms with E-state index in [2.05, 4.69) is 10.3 Å². The highest BCUT2D eigenvalue weighted by Crippen LogP contribution is 2.30. The average molecular weight is 431 g/mol. The van der Waals surface area contributed by atoms with Gasteiger partial charge in [-0.15, -0.1) is 0 Å². The van der Waals surface area contributed by atoms with Crippen LogP contribution in [0.2, 0.25) is 5.02 Å². The van der Waals surface area contributed by atoms with Gasteiger partial charge < -0.3 is 19.5 Å². The van der Waals surface area contributed by atoms with E-state index in [9.17, 15) is 4.39 Å². The van der Waals surface area contributed by atoms with Gasteiger partial charge in [0.25, 0.3) is 0 Å². The molecule has 0 saturated carbocycles. The van der Waals surface area contributed by atoms with Crippen LogP contribution in [0, 0.1) is 5.82 Å². The predicted octanol–water partition coefficient (Wildman–Crippen LogP) is 5.02. The van der Waals surface area contributed by atoms with Crippen molar-refractivity contribution in [1.29, 1.82) is 0 Å². The second-order valence-corrected chi connectivity index (χ2v) is 6.84. The van der Waals surface area contributed by atoms with Gasteiger partial charge in [-0.1, -0.05) is 29.8 Å². The third-order valence-electron chi connectivity index (χ3n) is 4.20. The Bertz CT molecular complexity index is 941. The van der Waals surface area contributed by atoms with E-state index >= 15 is 0 Å². The number of benzene rings is 2. The zero-order valence-corrected chi connectivity index (χ0v) is 17.5. The quantitative estimate of drug-likeness (QED) is 0.433. The van der Waals surface area contributed by atoms with Crippen molar-refractivity contribution < 1.29 is 18.6 Å². The molecular formula is C23H24ClFN2O3. The normalized spacial score (nSPS) is 10.6. The van der Waals surface area contributed by atoms with E-state index in [0.29, 0.717) is 54.3 Å². The number of ether oxygens (including phenoxy) is 3. The molecule has 0 radical (unpaired) electrons. The molecule has 0 amide bonds. The zero-order chi connectivity index (χ0) is 21.2. The topological polar surface area (TPSA) is 52.6 Å². The second-order valence-electron chi connectivity index (χ2n) is 6.43. The van der Waals surface area contributed by atoms with E-state index in [1.165, 1.54) is 12.1 Å². The van der Waals surface area contributed by atoms with Gasteiger partial charge in [0.2, 0.25) is 5.88 Å². The molecule has 0 bridgehead atoms. The molecule has 0 atom stereocenters. The maximum Gasteiger partial charge on any atom is 0.213 e. The van der Waals surface area contributed by atoms with E-state index in [4.69, 9.17) is 25.8 Å². The van der Waals surface area contributed by atoms with Crippen LogP contribution in [-0.2, 0) is 13.2 Å². The zero-order valence-electron chi connectivity index (χ0n) is 16.7. The lowest BCUT2D eigenvalue weighted by Gasteiger charge is -2.14. The highest BCUT2D eigenvalue weighted by atomic mass is 35.5. The first kappa shape index (κ1) is 21.9. The average Bonchev–Trinajstić information content (AvgIpc) is 2.75. The molecule has 0 saturated heterocycles. The maximum absolute atomic E-state index is 13.2. The van der Waals surface area contributed by atoms with Gasteiger partial charge in [-0.25, -0.2) is 9.37 Å². The van der Waals surface area contributed by atoms with Gasteiger partial charge in [0.15, 0.2) is 11.5 Å². The maximum atomic E-state index is 13.2. The third-order valence-corrected chi connectivity index (χ3v) is 4.55. The summed E-state index contributed by atoms with van der Waals surface area (Å²) in [6.45, 7) is 4.52. The summed E-state index contributed by atoms with van der Waals surface area (Å²) in [5.41, 5.74) is 1.77. The SMILES string of the molecule is CCOc1cc(CNCCOc2ccccn2)ccc1OCc1ccc(F)cc1Cl. The van der Waals surface area contributed by atoms with Crippen molar-refractivity contribution in [2.45, 2.75) is 20.1 Å². The van der Waals surface area contributed by atoms with E-state index in [1.54, 1.807) is 12.3 Å². The molecule has 2 aromatic carbocycles. The van der Waals surface area contributed by atoms with Crippen molar-refractivity contribution in [3.63, 3.8) is 0 Å². The summed E-state index contributed by atoms with van der Waals surface area (Å²) in [4.78, 5) is 4.12. The van der Waals surface area contributed by atoms with Crippen LogP contribution in [0.15, 0.2) is 60.8 Å². The minimum Gasteiger partial charge on any atom is -0.490 e. The Hall–Kier alpha value is -2.83. The van der Waals surface area contributed by atoms with Crippen molar-refractivity contribution in [3.8, 4) is 17.4 Å². The second kappa shape index (κ2) is 11.4. The molecule has 0 spiro atoms. The summed E-state index contributed by atoms with van der Waals surface area (Å²) in [6, 6.07) is 15.6. The van der Waals surface area contributed by atoms with Gasteiger partial charge in [-0.3, -0.25) is 0 Å². The van der Waals surface area contributed by atoms with Crippen LogP contribution in [-0.4, -0.2) is 24.7 Å². The molecule has 1 aromatic heterocycles. The number of pyridine rings is 1. The number of halogens is 2. The molecule has 3 rings (SSSR count). The smallest absolute Gasteiger partial charge is 0.213 e. The Morgan fingerprint density at radius 3 is 2.67 bits per heavy atom. The van der Waals surface area contributed by atoms with Crippen LogP contribution in [0.25, 0.3) is 0 Å². The van der Waals surface area contributed by atoms with Gasteiger partial charge in [0.1, 0.15) is 19.0 Å². The Morgan fingerprint density at radius 1 is 1.00 bits per heavy atom. The van der Waals surface area contributed by atoms with Gasteiger partial charge >= 0.3 is 0 Å². The lowest BCUT2D eigenvalue weighted by Crippen LogP contribution is -2.20. The monoisotopic (exact) mass is 430 g/mol. The molecule has 0 aliphatic carbocycles. The molecule has 3 aromatic rings. The lowest BCUT2D eigenvalue weighted by atomic mass is 10.2.